The Hall–Kier alpha value is -0.960. The van der Waals surface area contributed by atoms with Crippen molar-refractivity contribution in [3.8, 4) is 0 Å². The first-order valence-electron chi connectivity index (χ1n) is 5.83. The summed E-state index contributed by atoms with van der Waals surface area (Å²) in [6.07, 6.45) is 10.9. The summed E-state index contributed by atoms with van der Waals surface area (Å²) in [5, 5.41) is 3.56. The largest absolute Gasteiger partial charge is 0.310 e. The average molecular weight is 205 g/mol. The molecule has 1 heterocycles. The molecule has 1 saturated carbocycles. The number of hydrogen-bond acceptors (Lipinski definition) is 3. The molecule has 1 aliphatic rings. The second-order valence-electron chi connectivity index (χ2n) is 4.46. The summed E-state index contributed by atoms with van der Waals surface area (Å²) in [5.41, 5.74) is 1.17. The van der Waals surface area contributed by atoms with E-state index in [2.05, 4.69) is 22.2 Å². The van der Waals surface area contributed by atoms with Crippen molar-refractivity contribution < 1.29 is 0 Å². The minimum Gasteiger partial charge on any atom is -0.310 e. The van der Waals surface area contributed by atoms with Crippen LogP contribution in [0.1, 0.15) is 38.2 Å². The van der Waals surface area contributed by atoms with E-state index in [0.717, 1.165) is 12.5 Å². The third-order valence-corrected chi connectivity index (χ3v) is 3.35. The van der Waals surface area contributed by atoms with Crippen LogP contribution in [0.3, 0.4) is 0 Å². The van der Waals surface area contributed by atoms with Crippen molar-refractivity contribution in [2.75, 3.05) is 0 Å². The van der Waals surface area contributed by atoms with E-state index < -0.39 is 0 Å². The molecule has 1 N–H and O–H groups in total. The Kier molecular flexibility index (Phi) is 3.67. The molecule has 0 spiro atoms. The Bertz CT molecular complexity index is 280. The molecule has 1 aromatic heterocycles. The maximum absolute atomic E-state index is 4.01. The zero-order chi connectivity index (χ0) is 10.5. The highest BCUT2D eigenvalue weighted by Gasteiger charge is 2.20. The molecule has 0 amide bonds. The summed E-state index contributed by atoms with van der Waals surface area (Å²) in [4.78, 5) is 8.02. The van der Waals surface area contributed by atoms with Gasteiger partial charge in [-0.2, -0.15) is 0 Å². The van der Waals surface area contributed by atoms with Gasteiger partial charge in [0.05, 0.1) is 0 Å². The SMILES string of the molecule is C[C@H](NCc1cncnc1)C1CCCC1. The van der Waals surface area contributed by atoms with Crippen molar-refractivity contribution in [3.63, 3.8) is 0 Å². The van der Waals surface area contributed by atoms with Gasteiger partial charge in [-0.3, -0.25) is 0 Å². The maximum Gasteiger partial charge on any atom is 0.115 e. The lowest BCUT2D eigenvalue weighted by molar-refractivity contribution is 0.380. The second-order valence-corrected chi connectivity index (χ2v) is 4.46. The molecule has 0 radical (unpaired) electrons. The van der Waals surface area contributed by atoms with E-state index in [4.69, 9.17) is 0 Å². The topological polar surface area (TPSA) is 37.8 Å². The Morgan fingerprint density at radius 3 is 2.67 bits per heavy atom. The van der Waals surface area contributed by atoms with Gasteiger partial charge in [-0.15, -0.1) is 0 Å². The lowest BCUT2D eigenvalue weighted by Gasteiger charge is -2.20. The first kappa shape index (κ1) is 10.6. The van der Waals surface area contributed by atoms with Crippen LogP contribution in [0.5, 0.6) is 0 Å². The number of nitrogens with one attached hydrogen (secondary N) is 1. The molecule has 3 nitrogen and oxygen atoms in total. The van der Waals surface area contributed by atoms with E-state index in [-0.39, 0.29) is 0 Å². The highest BCUT2D eigenvalue weighted by atomic mass is 14.9. The van der Waals surface area contributed by atoms with Crippen molar-refractivity contribution in [1.29, 1.82) is 0 Å². The highest BCUT2D eigenvalue weighted by molar-refractivity contribution is 5.01. The molecule has 0 saturated heterocycles. The summed E-state index contributed by atoms with van der Waals surface area (Å²) < 4.78 is 0. The van der Waals surface area contributed by atoms with Crippen LogP contribution in [0.25, 0.3) is 0 Å². The van der Waals surface area contributed by atoms with Crippen LogP contribution < -0.4 is 5.32 Å². The van der Waals surface area contributed by atoms with Crippen molar-refractivity contribution in [1.82, 2.24) is 15.3 Å². The number of rotatable bonds is 4. The monoisotopic (exact) mass is 205 g/mol. The predicted octanol–water partition coefficient (Wildman–Crippen LogP) is 2.14. The molecule has 0 aromatic carbocycles. The van der Waals surface area contributed by atoms with Gasteiger partial charge < -0.3 is 5.32 Å². The molecule has 1 fully saturated rings. The van der Waals surface area contributed by atoms with E-state index >= 15 is 0 Å². The van der Waals surface area contributed by atoms with E-state index in [1.165, 1.54) is 31.2 Å². The normalized spacial score (nSPS) is 19.3. The summed E-state index contributed by atoms with van der Waals surface area (Å²) in [6, 6.07) is 0.618. The zero-order valence-electron chi connectivity index (χ0n) is 9.32. The van der Waals surface area contributed by atoms with Crippen molar-refractivity contribution in [2.24, 2.45) is 5.92 Å². The Morgan fingerprint density at radius 1 is 1.33 bits per heavy atom. The van der Waals surface area contributed by atoms with Gasteiger partial charge in [-0.05, 0) is 25.7 Å². The lowest BCUT2D eigenvalue weighted by Crippen LogP contribution is -2.31. The third-order valence-electron chi connectivity index (χ3n) is 3.35. The second kappa shape index (κ2) is 5.21. The minimum atomic E-state index is 0.618. The summed E-state index contributed by atoms with van der Waals surface area (Å²) in [6.45, 7) is 3.18. The van der Waals surface area contributed by atoms with Crippen LogP contribution >= 0.6 is 0 Å². The van der Waals surface area contributed by atoms with E-state index in [0.29, 0.717) is 6.04 Å². The fourth-order valence-corrected chi connectivity index (χ4v) is 2.32. The Balaban J connectivity index is 1.77. The number of hydrogen-bond donors (Lipinski definition) is 1. The molecular weight excluding hydrogens is 186 g/mol. The van der Waals surface area contributed by atoms with Crippen LogP contribution in [0.2, 0.25) is 0 Å². The van der Waals surface area contributed by atoms with Gasteiger partial charge in [-0.1, -0.05) is 12.8 Å². The van der Waals surface area contributed by atoms with Crippen LogP contribution in [0.4, 0.5) is 0 Å². The van der Waals surface area contributed by atoms with Gasteiger partial charge in [0, 0.05) is 30.5 Å². The average Bonchev–Trinajstić information content (AvgIpc) is 2.81. The lowest BCUT2D eigenvalue weighted by atomic mass is 10.00. The maximum atomic E-state index is 4.01. The molecule has 15 heavy (non-hydrogen) atoms. The van der Waals surface area contributed by atoms with Crippen LogP contribution in [-0.2, 0) is 6.54 Å². The summed E-state index contributed by atoms with van der Waals surface area (Å²) in [7, 11) is 0. The molecule has 1 aromatic rings. The molecule has 82 valence electrons. The fraction of sp³-hybridized carbons (Fsp3) is 0.667. The predicted molar refractivity (Wildman–Crippen MR) is 60.3 cm³/mol. The van der Waals surface area contributed by atoms with Gasteiger partial charge in [0.2, 0.25) is 0 Å². The van der Waals surface area contributed by atoms with Crippen molar-refractivity contribution in [2.45, 2.75) is 45.2 Å². The third kappa shape index (κ3) is 2.99. The molecule has 3 heteroatoms. The fourth-order valence-electron chi connectivity index (χ4n) is 2.32. The zero-order valence-corrected chi connectivity index (χ0v) is 9.32. The number of aromatic nitrogens is 2. The smallest absolute Gasteiger partial charge is 0.115 e. The molecular formula is C12H19N3. The van der Waals surface area contributed by atoms with E-state index in [9.17, 15) is 0 Å². The molecule has 0 unspecified atom stereocenters. The molecule has 2 rings (SSSR count). The van der Waals surface area contributed by atoms with E-state index in [1.54, 1.807) is 6.33 Å². The minimum absolute atomic E-state index is 0.618. The van der Waals surface area contributed by atoms with Crippen LogP contribution in [0.15, 0.2) is 18.7 Å². The van der Waals surface area contributed by atoms with Gasteiger partial charge >= 0.3 is 0 Å². The van der Waals surface area contributed by atoms with Gasteiger partial charge in [0.1, 0.15) is 6.33 Å². The van der Waals surface area contributed by atoms with Crippen molar-refractivity contribution in [3.05, 3.63) is 24.3 Å². The first-order chi connectivity index (χ1) is 7.36. The molecule has 0 bridgehead atoms. The van der Waals surface area contributed by atoms with E-state index in [1.807, 2.05) is 12.4 Å². The molecule has 0 aliphatic heterocycles. The van der Waals surface area contributed by atoms with Gasteiger partial charge in [0.15, 0.2) is 0 Å². The van der Waals surface area contributed by atoms with Crippen LogP contribution in [0, 0.1) is 5.92 Å². The van der Waals surface area contributed by atoms with Crippen LogP contribution in [-0.4, -0.2) is 16.0 Å². The molecule has 1 atom stereocenters. The Labute approximate surface area is 91.3 Å². The Morgan fingerprint density at radius 2 is 2.00 bits per heavy atom. The molecule has 1 aliphatic carbocycles. The number of nitrogens with zero attached hydrogens (tertiary/aromatic N) is 2. The summed E-state index contributed by atoms with van der Waals surface area (Å²) >= 11 is 0. The first-order valence-corrected chi connectivity index (χ1v) is 5.83. The quantitative estimate of drug-likeness (QED) is 0.818. The van der Waals surface area contributed by atoms with Gasteiger partial charge in [-0.25, -0.2) is 9.97 Å². The van der Waals surface area contributed by atoms with Gasteiger partial charge in [0.25, 0.3) is 0 Å². The standard InChI is InChI=1S/C12H19N3/c1-10(12-4-2-3-5-12)15-8-11-6-13-9-14-7-11/h6-7,9-10,12,15H,2-5,8H2,1H3/t10-/m0/s1. The van der Waals surface area contributed by atoms with Crippen molar-refractivity contribution >= 4 is 0 Å². The highest BCUT2D eigenvalue weighted by Crippen LogP contribution is 2.27. The summed E-state index contributed by atoms with van der Waals surface area (Å²) in [5.74, 6) is 0.870.